The largest absolute Gasteiger partial charge is 0.381 e. The summed E-state index contributed by atoms with van der Waals surface area (Å²) in [6.07, 6.45) is 0.903. The molecule has 0 saturated heterocycles. The van der Waals surface area contributed by atoms with Gasteiger partial charge in [-0.05, 0) is 19.3 Å². The highest BCUT2D eigenvalue weighted by molar-refractivity contribution is 5.32. The van der Waals surface area contributed by atoms with E-state index in [2.05, 4.69) is 29.1 Å². The fourth-order valence-corrected chi connectivity index (χ4v) is 1.38. The Labute approximate surface area is 102 Å². The molecule has 0 unspecified atom stereocenters. The van der Waals surface area contributed by atoms with Crippen LogP contribution < -0.4 is 10.9 Å². The second-order valence-electron chi connectivity index (χ2n) is 4.47. The molecule has 1 heterocycles. The average molecular weight is 239 g/mol. The number of H-pyrrole nitrogens is 1. The lowest BCUT2D eigenvalue weighted by atomic mass is 10.2. The summed E-state index contributed by atoms with van der Waals surface area (Å²) in [6, 6.07) is 1.46. The second-order valence-corrected chi connectivity index (χ2v) is 4.47. The van der Waals surface area contributed by atoms with Crippen molar-refractivity contribution in [2.75, 3.05) is 25.1 Å². The van der Waals surface area contributed by atoms with Gasteiger partial charge in [0.1, 0.15) is 11.6 Å². The Balaban J connectivity index is 2.20. The molecule has 0 aliphatic rings. The lowest BCUT2D eigenvalue weighted by molar-refractivity contribution is 0.110. The summed E-state index contributed by atoms with van der Waals surface area (Å²) in [5.74, 6) is 1.81. The van der Waals surface area contributed by atoms with E-state index in [1.165, 1.54) is 6.07 Å². The summed E-state index contributed by atoms with van der Waals surface area (Å²) in [6.45, 7) is 8.30. The minimum absolute atomic E-state index is 0.129. The van der Waals surface area contributed by atoms with Crippen LogP contribution in [-0.2, 0) is 4.74 Å². The van der Waals surface area contributed by atoms with Crippen molar-refractivity contribution in [2.24, 2.45) is 5.92 Å². The van der Waals surface area contributed by atoms with Gasteiger partial charge in [-0.2, -0.15) is 0 Å². The minimum atomic E-state index is -0.129. The number of anilines is 1. The molecule has 0 spiro atoms. The third-order valence-electron chi connectivity index (χ3n) is 2.08. The minimum Gasteiger partial charge on any atom is -0.381 e. The number of hydrogen-bond acceptors (Lipinski definition) is 4. The fourth-order valence-electron chi connectivity index (χ4n) is 1.38. The molecular formula is C12H21N3O2. The van der Waals surface area contributed by atoms with Crippen LogP contribution in [0.15, 0.2) is 10.9 Å². The van der Waals surface area contributed by atoms with Gasteiger partial charge in [-0.25, -0.2) is 4.98 Å². The standard InChI is InChI=1S/C12H21N3O2/c1-9(2)8-17-6-4-5-13-11-7-12(16)15-10(3)14-11/h7,9H,4-6,8H2,1-3H3,(H2,13,14,15,16). The Kier molecular flexibility index (Phi) is 5.69. The predicted molar refractivity (Wildman–Crippen MR) is 68.4 cm³/mol. The quantitative estimate of drug-likeness (QED) is 0.708. The van der Waals surface area contributed by atoms with Crippen LogP contribution in [0.2, 0.25) is 0 Å². The number of aryl methyl sites for hydroxylation is 1. The van der Waals surface area contributed by atoms with E-state index >= 15 is 0 Å². The zero-order chi connectivity index (χ0) is 12.7. The first-order valence-electron chi connectivity index (χ1n) is 5.97. The first-order chi connectivity index (χ1) is 8.08. The summed E-state index contributed by atoms with van der Waals surface area (Å²) in [7, 11) is 0. The van der Waals surface area contributed by atoms with Gasteiger partial charge in [0.2, 0.25) is 0 Å². The van der Waals surface area contributed by atoms with E-state index in [0.29, 0.717) is 17.6 Å². The Hall–Kier alpha value is -1.36. The van der Waals surface area contributed by atoms with Crippen LogP contribution in [0.25, 0.3) is 0 Å². The Morgan fingerprint density at radius 3 is 2.94 bits per heavy atom. The third kappa shape index (κ3) is 6.06. The number of hydrogen-bond donors (Lipinski definition) is 2. The highest BCUT2D eigenvalue weighted by Gasteiger charge is 1.97. The first kappa shape index (κ1) is 13.7. The van der Waals surface area contributed by atoms with Gasteiger partial charge in [0.25, 0.3) is 5.56 Å². The van der Waals surface area contributed by atoms with Gasteiger partial charge >= 0.3 is 0 Å². The number of rotatable bonds is 7. The highest BCUT2D eigenvalue weighted by Crippen LogP contribution is 1.98. The van der Waals surface area contributed by atoms with Crippen molar-refractivity contribution < 1.29 is 4.74 Å². The number of nitrogens with zero attached hydrogens (tertiary/aromatic N) is 1. The lowest BCUT2D eigenvalue weighted by Gasteiger charge is -2.08. The first-order valence-corrected chi connectivity index (χ1v) is 5.97. The molecule has 5 heteroatoms. The molecule has 96 valence electrons. The fraction of sp³-hybridized carbons (Fsp3) is 0.667. The Morgan fingerprint density at radius 2 is 2.29 bits per heavy atom. The molecule has 0 radical (unpaired) electrons. The predicted octanol–water partition coefficient (Wildman–Crippen LogP) is 1.55. The number of aromatic nitrogens is 2. The molecule has 0 aromatic carbocycles. The molecule has 0 aliphatic carbocycles. The summed E-state index contributed by atoms with van der Waals surface area (Å²) < 4.78 is 5.45. The van der Waals surface area contributed by atoms with Gasteiger partial charge in [-0.3, -0.25) is 4.79 Å². The monoisotopic (exact) mass is 239 g/mol. The van der Waals surface area contributed by atoms with Crippen molar-refractivity contribution >= 4 is 5.82 Å². The van der Waals surface area contributed by atoms with Crippen LogP contribution in [0.1, 0.15) is 26.1 Å². The van der Waals surface area contributed by atoms with Gasteiger partial charge in [0.15, 0.2) is 0 Å². The van der Waals surface area contributed by atoms with Gasteiger partial charge in [-0.1, -0.05) is 13.8 Å². The molecule has 1 rings (SSSR count). The molecule has 1 aromatic heterocycles. The number of nitrogens with one attached hydrogen (secondary N) is 2. The molecule has 17 heavy (non-hydrogen) atoms. The van der Waals surface area contributed by atoms with E-state index < -0.39 is 0 Å². The Bertz CT molecular complexity index is 388. The summed E-state index contributed by atoms with van der Waals surface area (Å²) in [5.41, 5.74) is -0.129. The van der Waals surface area contributed by atoms with Crippen LogP contribution >= 0.6 is 0 Å². The summed E-state index contributed by atoms with van der Waals surface area (Å²) >= 11 is 0. The molecule has 5 nitrogen and oxygen atoms in total. The van der Waals surface area contributed by atoms with E-state index in [4.69, 9.17) is 4.74 Å². The number of ether oxygens (including phenoxy) is 1. The van der Waals surface area contributed by atoms with Crippen LogP contribution in [0.3, 0.4) is 0 Å². The van der Waals surface area contributed by atoms with Crippen LogP contribution in [0.4, 0.5) is 5.82 Å². The maximum absolute atomic E-state index is 11.2. The number of aromatic amines is 1. The van der Waals surface area contributed by atoms with Crippen molar-refractivity contribution in [2.45, 2.75) is 27.2 Å². The van der Waals surface area contributed by atoms with Crippen LogP contribution in [0, 0.1) is 12.8 Å². The van der Waals surface area contributed by atoms with Crippen molar-refractivity contribution in [1.29, 1.82) is 0 Å². The van der Waals surface area contributed by atoms with E-state index in [1.54, 1.807) is 6.92 Å². The topological polar surface area (TPSA) is 67.0 Å². The molecular weight excluding hydrogens is 218 g/mol. The summed E-state index contributed by atoms with van der Waals surface area (Å²) in [4.78, 5) is 17.9. The van der Waals surface area contributed by atoms with Crippen molar-refractivity contribution in [3.63, 3.8) is 0 Å². The SMILES string of the molecule is Cc1nc(NCCCOCC(C)C)cc(=O)[nH]1. The molecule has 0 amide bonds. The van der Waals surface area contributed by atoms with Gasteiger partial charge in [0, 0.05) is 25.8 Å². The molecule has 1 aromatic rings. The molecule has 0 bridgehead atoms. The van der Waals surface area contributed by atoms with E-state index in [0.717, 1.165) is 26.2 Å². The molecule has 0 atom stereocenters. The molecule has 0 saturated carbocycles. The second kappa shape index (κ2) is 7.06. The van der Waals surface area contributed by atoms with Crippen LogP contribution in [-0.4, -0.2) is 29.7 Å². The molecule has 0 fully saturated rings. The maximum atomic E-state index is 11.2. The normalized spacial score (nSPS) is 10.8. The highest BCUT2D eigenvalue weighted by atomic mass is 16.5. The van der Waals surface area contributed by atoms with E-state index in [1.807, 2.05) is 0 Å². The van der Waals surface area contributed by atoms with E-state index in [9.17, 15) is 4.79 Å². The zero-order valence-electron chi connectivity index (χ0n) is 10.7. The van der Waals surface area contributed by atoms with Crippen molar-refractivity contribution in [1.82, 2.24) is 9.97 Å². The molecule has 2 N–H and O–H groups in total. The van der Waals surface area contributed by atoms with Crippen molar-refractivity contribution in [3.05, 3.63) is 22.2 Å². The average Bonchev–Trinajstić information content (AvgIpc) is 2.21. The lowest BCUT2D eigenvalue weighted by Crippen LogP contribution is -2.14. The van der Waals surface area contributed by atoms with Gasteiger partial charge in [-0.15, -0.1) is 0 Å². The smallest absolute Gasteiger partial charge is 0.252 e. The van der Waals surface area contributed by atoms with Gasteiger partial charge < -0.3 is 15.0 Å². The van der Waals surface area contributed by atoms with Gasteiger partial charge in [0.05, 0.1) is 0 Å². The van der Waals surface area contributed by atoms with Crippen LogP contribution in [0.5, 0.6) is 0 Å². The zero-order valence-corrected chi connectivity index (χ0v) is 10.7. The van der Waals surface area contributed by atoms with Crippen molar-refractivity contribution in [3.8, 4) is 0 Å². The third-order valence-corrected chi connectivity index (χ3v) is 2.08. The maximum Gasteiger partial charge on any atom is 0.252 e. The Morgan fingerprint density at radius 1 is 1.53 bits per heavy atom. The molecule has 0 aliphatic heterocycles. The summed E-state index contributed by atoms with van der Waals surface area (Å²) in [5, 5.41) is 3.10. The van der Waals surface area contributed by atoms with E-state index in [-0.39, 0.29) is 5.56 Å².